The highest BCUT2D eigenvalue weighted by molar-refractivity contribution is 7.89. The number of hydrogen-bond donors (Lipinski definition) is 0. The number of aromatic nitrogens is 2. The minimum Gasteiger partial charge on any atom is -0.327 e. The number of benzene rings is 1. The SMILES string of the molecule is Cn1ccn(CN2CCN(S(=O)(=O)c3ccc(Cl)cc3)CC2)c1=S. The Bertz CT molecular complexity index is 866. The second kappa shape index (κ2) is 6.97. The number of imidazole rings is 1. The number of rotatable bonds is 4. The molecular weight excluding hydrogens is 368 g/mol. The van der Waals surface area contributed by atoms with E-state index in [1.54, 1.807) is 24.3 Å². The van der Waals surface area contributed by atoms with Crippen molar-refractivity contribution in [3.05, 3.63) is 46.5 Å². The highest BCUT2D eigenvalue weighted by Crippen LogP contribution is 2.20. The third kappa shape index (κ3) is 3.57. The van der Waals surface area contributed by atoms with E-state index in [1.165, 1.54) is 4.31 Å². The molecule has 1 fully saturated rings. The number of nitrogens with zero attached hydrogens (tertiary/aromatic N) is 4. The van der Waals surface area contributed by atoms with Gasteiger partial charge in [-0.2, -0.15) is 4.31 Å². The van der Waals surface area contributed by atoms with E-state index in [2.05, 4.69) is 4.90 Å². The van der Waals surface area contributed by atoms with Gasteiger partial charge in [-0.25, -0.2) is 8.42 Å². The van der Waals surface area contributed by atoms with Gasteiger partial charge in [-0.1, -0.05) is 11.6 Å². The first kappa shape index (κ1) is 17.6. The maximum absolute atomic E-state index is 12.7. The van der Waals surface area contributed by atoms with Crippen LogP contribution >= 0.6 is 23.8 Å². The normalized spacial score (nSPS) is 17.2. The van der Waals surface area contributed by atoms with E-state index in [1.807, 2.05) is 28.6 Å². The highest BCUT2D eigenvalue weighted by atomic mass is 35.5. The fourth-order valence-corrected chi connectivity index (χ4v) is 4.43. The molecule has 130 valence electrons. The minimum atomic E-state index is -3.46. The molecule has 9 heteroatoms. The average Bonchev–Trinajstić information content (AvgIpc) is 2.88. The van der Waals surface area contributed by atoms with Gasteiger partial charge in [0.15, 0.2) is 4.77 Å². The molecule has 1 aromatic carbocycles. The van der Waals surface area contributed by atoms with Crippen molar-refractivity contribution in [1.29, 1.82) is 0 Å². The summed E-state index contributed by atoms with van der Waals surface area (Å²) in [4.78, 5) is 2.48. The van der Waals surface area contributed by atoms with Crippen molar-refractivity contribution in [2.24, 2.45) is 7.05 Å². The summed E-state index contributed by atoms with van der Waals surface area (Å²) < 4.78 is 31.5. The van der Waals surface area contributed by atoms with E-state index in [9.17, 15) is 8.42 Å². The standard InChI is InChI=1S/C15H19ClN4O2S2/c1-17-6-9-19(15(17)23)12-18-7-10-20(11-8-18)24(21,22)14-4-2-13(16)3-5-14/h2-6,9H,7-8,10-12H2,1H3. The number of halogens is 1. The molecule has 0 bridgehead atoms. The summed E-state index contributed by atoms with van der Waals surface area (Å²) in [5.74, 6) is 0. The van der Waals surface area contributed by atoms with E-state index in [-0.39, 0.29) is 4.90 Å². The van der Waals surface area contributed by atoms with Gasteiger partial charge in [-0.15, -0.1) is 0 Å². The lowest BCUT2D eigenvalue weighted by Gasteiger charge is -2.34. The lowest BCUT2D eigenvalue weighted by atomic mass is 10.4. The van der Waals surface area contributed by atoms with Crippen LogP contribution in [0.3, 0.4) is 0 Å². The molecule has 1 aliphatic heterocycles. The maximum atomic E-state index is 12.7. The summed E-state index contributed by atoms with van der Waals surface area (Å²) in [6, 6.07) is 6.30. The van der Waals surface area contributed by atoms with E-state index in [0.29, 0.717) is 37.9 Å². The molecule has 0 amide bonds. The Morgan fingerprint density at radius 3 is 2.25 bits per heavy atom. The van der Waals surface area contributed by atoms with Crippen molar-refractivity contribution >= 4 is 33.8 Å². The number of piperazine rings is 1. The van der Waals surface area contributed by atoms with E-state index in [4.69, 9.17) is 23.8 Å². The van der Waals surface area contributed by atoms with Crippen LogP contribution < -0.4 is 0 Å². The Hall–Kier alpha value is -1.19. The third-order valence-corrected chi connectivity index (χ3v) is 6.84. The van der Waals surface area contributed by atoms with Crippen LogP contribution in [0.25, 0.3) is 0 Å². The first-order chi connectivity index (χ1) is 11.4. The summed E-state index contributed by atoms with van der Waals surface area (Å²) in [5, 5.41) is 0.526. The van der Waals surface area contributed by atoms with Gasteiger partial charge in [0, 0.05) is 50.6 Å². The van der Waals surface area contributed by atoms with Crippen molar-refractivity contribution in [3.63, 3.8) is 0 Å². The van der Waals surface area contributed by atoms with Crippen molar-refractivity contribution in [3.8, 4) is 0 Å². The molecule has 2 heterocycles. The second-order valence-electron chi connectivity index (χ2n) is 5.78. The Balaban J connectivity index is 1.65. The zero-order valence-electron chi connectivity index (χ0n) is 13.3. The van der Waals surface area contributed by atoms with Crippen LogP contribution in [0.15, 0.2) is 41.6 Å². The molecule has 0 unspecified atom stereocenters. The average molecular weight is 387 g/mol. The summed E-state index contributed by atoms with van der Waals surface area (Å²) in [6.45, 7) is 2.94. The predicted octanol–water partition coefficient (Wildman–Crippen LogP) is 2.17. The van der Waals surface area contributed by atoms with Gasteiger partial charge in [0.2, 0.25) is 10.0 Å². The molecule has 6 nitrogen and oxygen atoms in total. The first-order valence-electron chi connectivity index (χ1n) is 7.58. The van der Waals surface area contributed by atoms with Crippen molar-refractivity contribution in [2.45, 2.75) is 11.6 Å². The monoisotopic (exact) mass is 386 g/mol. The molecule has 0 saturated carbocycles. The molecule has 0 radical (unpaired) electrons. The summed E-state index contributed by atoms with van der Waals surface area (Å²) in [6.07, 6.45) is 3.86. The molecule has 0 spiro atoms. The number of hydrogen-bond acceptors (Lipinski definition) is 4. The van der Waals surface area contributed by atoms with Gasteiger partial charge < -0.3 is 9.13 Å². The van der Waals surface area contributed by atoms with Crippen molar-refractivity contribution < 1.29 is 8.42 Å². The third-order valence-electron chi connectivity index (χ3n) is 4.15. The van der Waals surface area contributed by atoms with Crippen LogP contribution in [0.2, 0.25) is 5.02 Å². The Morgan fingerprint density at radius 1 is 1.08 bits per heavy atom. The second-order valence-corrected chi connectivity index (χ2v) is 8.52. The van der Waals surface area contributed by atoms with Gasteiger partial charge in [0.05, 0.1) is 11.6 Å². The molecule has 24 heavy (non-hydrogen) atoms. The lowest BCUT2D eigenvalue weighted by Crippen LogP contribution is -2.48. The van der Waals surface area contributed by atoms with Gasteiger partial charge in [-0.3, -0.25) is 4.90 Å². The van der Waals surface area contributed by atoms with Gasteiger partial charge in [-0.05, 0) is 36.5 Å². The van der Waals surface area contributed by atoms with E-state index < -0.39 is 10.0 Å². The largest absolute Gasteiger partial charge is 0.327 e. The molecule has 0 aliphatic carbocycles. The molecular formula is C15H19ClN4O2S2. The molecule has 3 rings (SSSR count). The van der Waals surface area contributed by atoms with Gasteiger partial charge in [0.1, 0.15) is 0 Å². The summed E-state index contributed by atoms with van der Waals surface area (Å²) >= 11 is 11.2. The topological polar surface area (TPSA) is 50.5 Å². The Morgan fingerprint density at radius 2 is 1.71 bits per heavy atom. The molecule has 1 aromatic heterocycles. The number of aryl methyl sites for hydroxylation is 1. The van der Waals surface area contributed by atoms with Gasteiger partial charge in [0.25, 0.3) is 0 Å². The predicted molar refractivity (Wildman–Crippen MR) is 96.0 cm³/mol. The Kier molecular flexibility index (Phi) is 5.12. The smallest absolute Gasteiger partial charge is 0.243 e. The van der Waals surface area contributed by atoms with Crippen LogP contribution in [0, 0.1) is 4.77 Å². The van der Waals surface area contributed by atoms with Crippen LogP contribution in [0.1, 0.15) is 0 Å². The summed E-state index contributed by atoms with van der Waals surface area (Å²) in [5.41, 5.74) is 0. The fourth-order valence-electron chi connectivity index (χ4n) is 2.70. The number of sulfonamides is 1. The zero-order chi connectivity index (χ0) is 17.3. The van der Waals surface area contributed by atoms with Crippen molar-refractivity contribution in [1.82, 2.24) is 18.3 Å². The van der Waals surface area contributed by atoms with Crippen molar-refractivity contribution in [2.75, 3.05) is 26.2 Å². The Labute approximate surface area is 151 Å². The first-order valence-corrected chi connectivity index (χ1v) is 9.80. The van der Waals surface area contributed by atoms with Crippen LogP contribution in [0.5, 0.6) is 0 Å². The lowest BCUT2D eigenvalue weighted by molar-refractivity contribution is 0.151. The molecule has 2 aromatic rings. The van der Waals surface area contributed by atoms with Crippen LogP contribution in [-0.4, -0.2) is 52.9 Å². The summed E-state index contributed by atoms with van der Waals surface area (Å²) in [7, 11) is -1.55. The molecule has 0 N–H and O–H groups in total. The van der Waals surface area contributed by atoms with E-state index >= 15 is 0 Å². The molecule has 1 saturated heterocycles. The van der Waals surface area contributed by atoms with E-state index in [0.717, 1.165) is 4.77 Å². The van der Waals surface area contributed by atoms with Gasteiger partial charge >= 0.3 is 0 Å². The van der Waals surface area contributed by atoms with Crippen LogP contribution in [0.4, 0.5) is 0 Å². The minimum absolute atomic E-state index is 0.283. The molecule has 1 aliphatic rings. The van der Waals surface area contributed by atoms with Crippen LogP contribution in [-0.2, 0) is 23.7 Å². The highest BCUT2D eigenvalue weighted by Gasteiger charge is 2.28. The maximum Gasteiger partial charge on any atom is 0.243 e. The molecule has 0 atom stereocenters. The zero-order valence-corrected chi connectivity index (χ0v) is 15.7. The quantitative estimate of drug-likeness (QED) is 0.756. The fraction of sp³-hybridized carbons (Fsp3) is 0.400.